The van der Waals surface area contributed by atoms with Gasteiger partial charge in [0.2, 0.25) is 5.91 Å². The number of likely N-dealkylation sites (tertiary alicyclic amines) is 1. The van der Waals surface area contributed by atoms with Crippen LogP contribution in [-0.4, -0.2) is 43.0 Å². The first-order valence-electron chi connectivity index (χ1n) is 9.04. The Morgan fingerprint density at radius 3 is 2.32 bits per heavy atom. The van der Waals surface area contributed by atoms with Gasteiger partial charge in [-0.05, 0) is 37.0 Å². The SMILES string of the molecule is COC(=O)C1CCN(C(=O)[C@@H](Nc2ccc(C(F)(F)F)cc2Cl)C(C)C)CC1. The van der Waals surface area contributed by atoms with Gasteiger partial charge < -0.3 is 15.0 Å². The average molecular weight is 421 g/mol. The molecule has 28 heavy (non-hydrogen) atoms. The van der Waals surface area contributed by atoms with Gasteiger partial charge in [-0.1, -0.05) is 25.4 Å². The molecule has 0 spiro atoms. The molecule has 0 radical (unpaired) electrons. The largest absolute Gasteiger partial charge is 0.469 e. The van der Waals surface area contributed by atoms with Crippen LogP contribution in [0.5, 0.6) is 0 Å². The van der Waals surface area contributed by atoms with Crippen molar-refractivity contribution in [2.24, 2.45) is 11.8 Å². The molecule has 1 atom stereocenters. The molecule has 1 aliphatic rings. The highest BCUT2D eigenvalue weighted by Gasteiger charge is 2.34. The van der Waals surface area contributed by atoms with Gasteiger partial charge in [0, 0.05) is 13.1 Å². The van der Waals surface area contributed by atoms with Crippen LogP contribution >= 0.6 is 11.6 Å². The van der Waals surface area contributed by atoms with E-state index in [9.17, 15) is 22.8 Å². The number of rotatable bonds is 5. The fraction of sp³-hybridized carbons (Fsp3) is 0.579. The minimum absolute atomic E-state index is 0.0994. The van der Waals surface area contributed by atoms with Gasteiger partial charge in [0.05, 0.1) is 29.3 Å². The van der Waals surface area contributed by atoms with Gasteiger partial charge in [0.1, 0.15) is 6.04 Å². The number of nitrogens with zero attached hydrogens (tertiary/aromatic N) is 1. The van der Waals surface area contributed by atoms with E-state index in [1.165, 1.54) is 13.2 Å². The Morgan fingerprint density at radius 1 is 1.25 bits per heavy atom. The third-order valence-corrected chi connectivity index (χ3v) is 5.19. The van der Waals surface area contributed by atoms with Crippen molar-refractivity contribution in [2.45, 2.75) is 38.9 Å². The Bertz CT molecular complexity index is 717. The second-order valence-corrected chi connectivity index (χ2v) is 7.59. The highest BCUT2D eigenvalue weighted by Crippen LogP contribution is 2.34. The van der Waals surface area contributed by atoms with Gasteiger partial charge >= 0.3 is 12.1 Å². The van der Waals surface area contributed by atoms with E-state index in [0.717, 1.165) is 12.1 Å². The molecule has 1 aliphatic heterocycles. The number of halogens is 4. The van der Waals surface area contributed by atoms with Gasteiger partial charge in [-0.2, -0.15) is 13.2 Å². The summed E-state index contributed by atoms with van der Waals surface area (Å²) in [5, 5.41) is 2.89. The molecular weight excluding hydrogens is 397 g/mol. The lowest BCUT2D eigenvalue weighted by atomic mass is 9.95. The maximum absolute atomic E-state index is 13.0. The topological polar surface area (TPSA) is 58.6 Å². The molecule has 0 bridgehead atoms. The number of carbonyl (C=O) groups is 2. The molecule has 0 saturated carbocycles. The molecule has 9 heteroatoms. The number of nitrogens with one attached hydrogen (secondary N) is 1. The first kappa shape index (κ1) is 22.3. The number of piperidine rings is 1. The molecule has 1 N–H and O–H groups in total. The van der Waals surface area contributed by atoms with Crippen LogP contribution < -0.4 is 5.32 Å². The van der Waals surface area contributed by atoms with Crippen molar-refractivity contribution >= 4 is 29.2 Å². The minimum Gasteiger partial charge on any atom is -0.469 e. The van der Waals surface area contributed by atoms with E-state index in [2.05, 4.69) is 5.32 Å². The van der Waals surface area contributed by atoms with Crippen LogP contribution in [0.15, 0.2) is 18.2 Å². The van der Waals surface area contributed by atoms with E-state index in [-0.39, 0.29) is 34.4 Å². The molecule has 1 amide bonds. The summed E-state index contributed by atoms with van der Waals surface area (Å²) in [6.45, 7) is 4.53. The van der Waals surface area contributed by atoms with Gasteiger partial charge in [0.25, 0.3) is 0 Å². The lowest BCUT2D eigenvalue weighted by Crippen LogP contribution is -2.49. The lowest BCUT2D eigenvalue weighted by molar-refractivity contribution is -0.149. The number of hydrogen-bond donors (Lipinski definition) is 1. The molecular formula is C19H24ClF3N2O3. The normalized spacial score (nSPS) is 16.8. The second kappa shape index (κ2) is 9.03. The molecule has 0 unspecified atom stereocenters. The summed E-state index contributed by atoms with van der Waals surface area (Å²) in [7, 11) is 1.34. The van der Waals surface area contributed by atoms with E-state index in [4.69, 9.17) is 16.3 Å². The molecule has 0 aromatic heterocycles. The fourth-order valence-corrected chi connectivity index (χ4v) is 3.42. The number of ether oxygens (including phenoxy) is 1. The Morgan fingerprint density at radius 2 is 1.86 bits per heavy atom. The number of alkyl halides is 3. The predicted octanol–water partition coefficient (Wildman–Crippen LogP) is 4.21. The first-order valence-corrected chi connectivity index (χ1v) is 9.42. The maximum atomic E-state index is 13.0. The van der Waals surface area contributed by atoms with Crippen molar-refractivity contribution in [1.82, 2.24) is 4.90 Å². The van der Waals surface area contributed by atoms with Gasteiger partial charge in [-0.15, -0.1) is 0 Å². The van der Waals surface area contributed by atoms with E-state index >= 15 is 0 Å². The maximum Gasteiger partial charge on any atom is 0.416 e. The summed E-state index contributed by atoms with van der Waals surface area (Å²) in [5.41, 5.74) is -0.577. The van der Waals surface area contributed by atoms with Crippen molar-refractivity contribution in [3.8, 4) is 0 Å². The quantitative estimate of drug-likeness (QED) is 0.725. The summed E-state index contributed by atoms with van der Waals surface area (Å²) in [5.74, 6) is -0.787. The Hall–Kier alpha value is -1.96. The zero-order valence-corrected chi connectivity index (χ0v) is 16.7. The highest BCUT2D eigenvalue weighted by atomic mass is 35.5. The number of benzene rings is 1. The summed E-state index contributed by atoms with van der Waals surface area (Å²) in [6, 6.07) is 2.35. The number of methoxy groups -OCH3 is 1. The number of carbonyl (C=O) groups excluding carboxylic acids is 2. The molecule has 0 aliphatic carbocycles. The van der Waals surface area contributed by atoms with E-state index in [1.807, 2.05) is 13.8 Å². The van der Waals surface area contributed by atoms with Crippen molar-refractivity contribution < 1.29 is 27.5 Å². The molecule has 1 heterocycles. The lowest BCUT2D eigenvalue weighted by Gasteiger charge is -2.35. The summed E-state index contributed by atoms with van der Waals surface area (Å²) in [6.07, 6.45) is -3.45. The van der Waals surface area contributed by atoms with E-state index in [0.29, 0.717) is 25.9 Å². The van der Waals surface area contributed by atoms with Gasteiger partial charge in [0.15, 0.2) is 0 Å². The van der Waals surface area contributed by atoms with Crippen molar-refractivity contribution in [3.63, 3.8) is 0 Å². The van der Waals surface area contributed by atoms with Crippen LogP contribution in [0.25, 0.3) is 0 Å². The third-order valence-electron chi connectivity index (χ3n) is 4.88. The summed E-state index contributed by atoms with van der Waals surface area (Å²) < 4.78 is 43.2. The van der Waals surface area contributed by atoms with E-state index < -0.39 is 17.8 Å². The van der Waals surface area contributed by atoms with Crippen LogP contribution in [0.1, 0.15) is 32.3 Å². The highest BCUT2D eigenvalue weighted by molar-refractivity contribution is 6.33. The molecule has 1 aromatic rings. The van der Waals surface area contributed by atoms with Gasteiger partial charge in [-0.3, -0.25) is 9.59 Å². The van der Waals surface area contributed by atoms with Crippen LogP contribution in [0.3, 0.4) is 0 Å². The first-order chi connectivity index (χ1) is 13.0. The summed E-state index contributed by atoms with van der Waals surface area (Å²) >= 11 is 6.01. The molecule has 5 nitrogen and oxygen atoms in total. The van der Waals surface area contributed by atoms with Crippen molar-refractivity contribution in [1.29, 1.82) is 0 Å². The standard InChI is InChI=1S/C19H24ClF3N2O3/c1-11(2)16(17(26)25-8-6-12(7-9-25)18(27)28-3)24-15-5-4-13(10-14(15)20)19(21,22)23/h4-5,10-12,16,24H,6-9H2,1-3H3/t16-/m0/s1. The van der Waals surface area contributed by atoms with Crippen LogP contribution in [0.2, 0.25) is 5.02 Å². The fourth-order valence-electron chi connectivity index (χ4n) is 3.19. The van der Waals surface area contributed by atoms with Crippen LogP contribution in [-0.2, 0) is 20.5 Å². The molecule has 1 fully saturated rings. The predicted molar refractivity (Wildman–Crippen MR) is 100 cm³/mol. The smallest absolute Gasteiger partial charge is 0.416 e. The van der Waals surface area contributed by atoms with Crippen molar-refractivity contribution in [2.75, 3.05) is 25.5 Å². The number of hydrogen-bond acceptors (Lipinski definition) is 4. The molecule has 156 valence electrons. The number of amides is 1. The van der Waals surface area contributed by atoms with Crippen LogP contribution in [0, 0.1) is 11.8 Å². The van der Waals surface area contributed by atoms with Crippen LogP contribution in [0.4, 0.5) is 18.9 Å². The number of esters is 1. The zero-order chi connectivity index (χ0) is 21.1. The minimum atomic E-state index is -4.49. The Labute approximate surface area is 167 Å². The monoisotopic (exact) mass is 420 g/mol. The molecule has 1 aromatic carbocycles. The van der Waals surface area contributed by atoms with E-state index in [1.54, 1.807) is 4.90 Å². The van der Waals surface area contributed by atoms with Crippen molar-refractivity contribution in [3.05, 3.63) is 28.8 Å². The molecule has 2 rings (SSSR count). The Kier molecular flexibility index (Phi) is 7.20. The number of anilines is 1. The Balaban J connectivity index is 2.10. The second-order valence-electron chi connectivity index (χ2n) is 7.18. The van der Waals surface area contributed by atoms with Gasteiger partial charge in [-0.25, -0.2) is 0 Å². The summed E-state index contributed by atoms with van der Waals surface area (Å²) in [4.78, 5) is 26.2. The third kappa shape index (κ3) is 5.31. The molecule has 1 saturated heterocycles. The zero-order valence-electron chi connectivity index (χ0n) is 16.0. The average Bonchev–Trinajstić information content (AvgIpc) is 2.65.